The third-order valence-corrected chi connectivity index (χ3v) is 5.54. The van der Waals surface area contributed by atoms with Gasteiger partial charge in [-0.2, -0.15) is 0 Å². The van der Waals surface area contributed by atoms with Crippen molar-refractivity contribution in [3.05, 3.63) is 35.4 Å². The molecule has 0 radical (unpaired) electrons. The van der Waals surface area contributed by atoms with Gasteiger partial charge in [0.15, 0.2) is 11.6 Å². The Hall–Kier alpha value is -0.960. The Bertz CT molecular complexity index is 502. The molecule has 0 amide bonds. The van der Waals surface area contributed by atoms with Crippen LogP contribution in [0, 0.1) is 23.5 Å². The lowest BCUT2D eigenvalue weighted by Gasteiger charge is -2.42. The van der Waals surface area contributed by atoms with E-state index in [1.165, 1.54) is 31.4 Å². The number of ether oxygens (including phenoxy) is 1. The number of rotatable bonds is 4. The van der Waals surface area contributed by atoms with Gasteiger partial charge in [0.2, 0.25) is 0 Å². The molecule has 1 nitrogen and oxygen atoms in total. The summed E-state index contributed by atoms with van der Waals surface area (Å²) in [4.78, 5) is 0. The van der Waals surface area contributed by atoms with Gasteiger partial charge in [-0.1, -0.05) is 13.0 Å². The van der Waals surface area contributed by atoms with Crippen LogP contribution < -0.4 is 0 Å². The van der Waals surface area contributed by atoms with Crippen molar-refractivity contribution in [2.45, 2.75) is 63.9 Å². The van der Waals surface area contributed by atoms with E-state index in [4.69, 9.17) is 4.74 Å². The fourth-order valence-corrected chi connectivity index (χ4v) is 4.35. The third kappa shape index (κ3) is 3.51. The number of hydrogen-bond acceptors (Lipinski definition) is 1. The highest BCUT2D eigenvalue weighted by atomic mass is 19.2. The van der Waals surface area contributed by atoms with E-state index in [1.807, 2.05) is 0 Å². The van der Waals surface area contributed by atoms with E-state index in [1.54, 1.807) is 6.07 Å². The Balaban J connectivity index is 1.59. The lowest BCUT2D eigenvalue weighted by atomic mass is 9.65. The average molecular weight is 308 g/mol. The van der Waals surface area contributed by atoms with Gasteiger partial charge in [0.25, 0.3) is 0 Å². The first-order chi connectivity index (χ1) is 10.7. The molecule has 1 aromatic rings. The lowest BCUT2D eigenvalue weighted by molar-refractivity contribution is -0.0147. The van der Waals surface area contributed by atoms with E-state index in [0.29, 0.717) is 12.0 Å². The van der Waals surface area contributed by atoms with Crippen molar-refractivity contribution in [3.8, 4) is 0 Å². The van der Waals surface area contributed by atoms with Crippen molar-refractivity contribution in [1.29, 1.82) is 0 Å². The predicted molar refractivity (Wildman–Crippen MR) is 83.8 cm³/mol. The predicted octanol–water partition coefficient (Wildman–Crippen LogP) is 5.44. The van der Waals surface area contributed by atoms with E-state index in [9.17, 15) is 8.78 Å². The minimum Gasteiger partial charge on any atom is -0.378 e. The van der Waals surface area contributed by atoms with Gasteiger partial charge in [-0.05, 0) is 80.4 Å². The van der Waals surface area contributed by atoms with Crippen molar-refractivity contribution in [1.82, 2.24) is 0 Å². The lowest BCUT2D eigenvalue weighted by Crippen LogP contribution is -2.33. The minimum atomic E-state index is -0.744. The quantitative estimate of drug-likeness (QED) is 0.719. The molecule has 0 bridgehead atoms. The molecule has 22 heavy (non-hydrogen) atoms. The molecule has 0 N–H and O–H groups in total. The monoisotopic (exact) mass is 308 g/mol. The Kier molecular flexibility index (Phi) is 5.12. The average Bonchev–Trinajstić information content (AvgIpc) is 2.55. The molecule has 0 aromatic heterocycles. The first-order valence-electron chi connectivity index (χ1n) is 8.74. The smallest absolute Gasteiger partial charge is 0.159 e. The van der Waals surface area contributed by atoms with Crippen LogP contribution in [0.2, 0.25) is 0 Å². The topological polar surface area (TPSA) is 9.23 Å². The van der Waals surface area contributed by atoms with Crippen LogP contribution in [-0.4, -0.2) is 12.7 Å². The van der Waals surface area contributed by atoms with E-state index in [0.717, 1.165) is 49.7 Å². The third-order valence-electron chi connectivity index (χ3n) is 5.54. The normalized spacial score (nSPS) is 31.8. The SMILES string of the molecule is CCCOC1CCC2CC(c3ccc(F)c(F)c3)CCC2C1. The van der Waals surface area contributed by atoms with Crippen molar-refractivity contribution < 1.29 is 13.5 Å². The molecule has 4 atom stereocenters. The van der Waals surface area contributed by atoms with Gasteiger partial charge in [-0.3, -0.25) is 0 Å². The Morgan fingerprint density at radius 2 is 1.77 bits per heavy atom. The van der Waals surface area contributed by atoms with Crippen LogP contribution in [0.1, 0.15) is 63.4 Å². The van der Waals surface area contributed by atoms with E-state index in [2.05, 4.69) is 6.92 Å². The highest BCUT2D eigenvalue weighted by Crippen LogP contribution is 2.46. The second-order valence-corrected chi connectivity index (χ2v) is 7.01. The van der Waals surface area contributed by atoms with Crippen molar-refractivity contribution in [2.75, 3.05) is 6.61 Å². The molecule has 122 valence electrons. The summed E-state index contributed by atoms with van der Waals surface area (Å²) in [5.74, 6) is 0.428. The van der Waals surface area contributed by atoms with Gasteiger partial charge in [-0.15, -0.1) is 0 Å². The number of benzene rings is 1. The molecule has 1 aromatic carbocycles. The molecule has 0 aliphatic heterocycles. The fraction of sp³-hybridized carbons (Fsp3) is 0.684. The first-order valence-corrected chi connectivity index (χ1v) is 8.74. The molecular formula is C19H26F2O. The van der Waals surface area contributed by atoms with Crippen molar-refractivity contribution in [2.24, 2.45) is 11.8 Å². The maximum absolute atomic E-state index is 13.4. The van der Waals surface area contributed by atoms with Crippen LogP contribution in [0.5, 0.6) is 0 Å². The van der Waals surface area contributed by atoms with Crippen molar-refractivity contribution >= 4 is 0 Å². The molecule has 2 aliphatic carbocycles. The van der Waals surface area contributed by atoms with Crippen LogP contribution in [0.4, 0.5) is 8.78 Å². The summed E-state index contributed by atoms with van der Waals surface area (Å²) >= 11 is 0. The summed E-state index contributed by atoms with van der Waals surface area (Å²) in [6.45, 7) is 3.03. The van der Waals surface area contributed by atoms with E-state index in [-0.39, 0.29) is 0 Å². The maximum Gasteiger partial charge on any atom is 0.159 e. The Morgan fingerprint density at radius 1 is 1.00 bits per heavy atom. The Morgan fingerprint density at radius 3 is 2.55 bits per heavy atom. The maximum atomic E-state index is 13.4. The van der Waals surface area contributed by atoms with Gasteiger partial charge in [-0.25, -0.2) is 8.78 Å². The fourth-order valence-electron chi connectivity index (χ4n) is 4.35. The standard InChI is InChI=1S/C19H26F2O/c1-2-9-22-17-7-5-14-10-13(3-4-15(14)11-17)16-6-8-18(20)19(21)12-16/h6,8,12-15,17H,2-5,7,9-11H2,1H3. The molecule has 0 spiro atoms. The number of fused-ring (bicyclic) bond motifs is 1. The van der Waals surface area contributed by atoms with Crippen LogP contribution >= 0.6 is 0 Å². The molecule has 4 unspecified atom stereocenters. The van der Waals surface area contributed by atoms with Crippen LogP contribution in [-0.2, 0) is 4.74 Å². The van der Waals surface area contributed by atoms with Crippen LogP contribution in [0.3, 0.4) is 0 Å². The molecule has 2 aliphatic rings. The molecule has 2 fully saturated rings. The second kappa shape index (κ2) is 7.08. The molecule has 3 rings (SSSR count). The zero-order valence-corrected chi connectivity index (χ0v) is 13.4. The number of hydrogen-bond donors (Lipinski definition) is 0. The van der Waals surface area contributed by atoms with Gasteiger partial charge in [0, 0.05) is 6.61 Å². The number of halogens is 2. The first kappa shape index (κ1) is 15.9. The van der Waals surface area contributed by atoms with Crippen LogP contribution in [0.25, 0.3) is 0 Å². The molecule has 0 saturated heterocycles. The highest BCUT2D eigenvalue weighted by Gasteiger charge is 2.36. The zero-order valence-electron chi connectivity index (χ0n) is 13.4. The van der Waals surface area contributed by atoms with Gasteiger partial charge in [0.1, 0.15) is 0 Å². The second-order valence-electron chi connectivity index (χ2n) is 7.01. The minimum absolute atomic E-state index is 0.393. The summed E-state index contributed by atoms with van der Waals surface area (Å²) < 4.78 is 32.5. The van der Waals surface area contributed by atoms with Gasteiger partial charge < -0.3 is 4.74 Å². The summed E-state index contributed by atoms with van der Waals surface area (Å²) in [5, 5.41) is 0. The summed E-state index contributed by atoms with van der Waals surface area (Å²) in [6.07, 6.45) is 8.51. The Labute approximate surface area is 132 Å². The van der Waals surface area contributed by atoms with Crippen molar-refractivity contribution in [3.63, 3.8) is 0 Å². The summed E-state index contributed by atoms with van der Waals surface area (Å²) in [6, 6.07) is 4.43. The van der Waals surface area contributed by atoms with E-state index >= 15 is 0 Å². The van der Waals surface area contributed by atoms with Crippen LogP contribution in [0.15, 0.2) is 18.2 Å². The summed E-state index contributed by atoms with van der Waals surface area (Å²) in [7, 11) is 0. The molecule has 0 heterocycles. The molecule has 2 saturated carbocycles. The largest absolute Gasteiger partial charge is 0.378 e. The van der Waals surface area contributed by atoms with E-state index < -0.39 is 11.6 Å². The zero-order chi connectivity index (χ0) is 15.5. The summed E-state index contributed by atoms with van der Waals surface area (Å²) in [5.41, 5.74) is 0.974. The van der Waals surface area contributed by atoms with Gasteiger partial charge >= 0.3 is 0 Å². The van der Waals surface area contributed by atoms with Gasteiger partial charge in [0.05, 0.1) is 6.10 Å². The molecule has 3 heteroatoms. The molecular weight excluding hydrogens is 282 g/mol. The highest BCUT2D eigenvalue weighted by molar-refractivity contribution is 5.22.